The van der Waals surface area contributed by atoms with Gasteiger partial charge in [-0.2, -0.15) is 0 Å². The zero-order valence-corrected chi connectivity index (χ0v) is 10.0. The molecule has 2 atom stereocenters. The van der Waals surface area contributed by atoms with Crippen molar-refractivity contribution in [1.82, 2.24) is 10.2 Å². The fourth-order valence-electron chi connectivity index (χ4n) is 2.74. The van der Waals surface area contributed by atoms with Gasteiger partial charge < -0.3 is 15.3 Å². The van der Waals surface area contributed by atoms with Crippen molar-refractivity contribution in [2.75, 3.05) is 13.2 Å². The number of rotatable bonds is 3. The number of nitrogens with one attached hydrogen (secondary N) is 1. The van der Waals surface area contributed by atoms with Gasteiger partial charge in [-0.15, -0.1) is 0 Å². The monoisotopic (exact) mass is 240 g/mol. The van der Waals surface area contributed by atoms with E-state index in [1.165, 1.54) is 0 Å². The van der Waals surface area contributed by atoms with E-state index in [4.69, 9.17) is 5.11 Å². The Morgan fingerprint density at radius 2 is 2.24 bits per heavy atom. The third-order valence-electron chi connectivity index (χ3n) is 3.67. The van der Waals surface area contributed by atoms with Crippen molar-refractivity contribution in [3.8, 4) is 0 Å². The van der Waals surface area contributed by atoms with Gasteiger partial charge in [-0.1, -0.05) is 0 Å². The predicted molar refractivity (Wildman–Crippen MR) is 62.2 cm³/mol. The van der Waals surface area contributed by atoms with E-state index in [0.717, 1.165) is 25.8 Å². The maximum absolute atomic E-state index is 12.3. The quantitative estimate of drug-likeness (QED) is 0.731. The van der Waals surface area contributed by atoms with Crippen LogP contribution in [0.2, 0.25) is 0 Å². The van der Waals surface area contributed by atoms with Crippen LogP contribution in [-0.2, 0) is 9.59 Å². The van der Waals surface area contributed by atoms with Crippen LogP contribution in [0.1, 0.15) is 38.5 Å². The average Bonchev–Trinajstić information content (AvgIpc) is 2.76. The maximum atomic E-state index is 12.3. The van der Waals surface area contributed by atoms with Gasteiger partial charge in [0.25, 0.3) is 0 Å². The summed E-state index contributed by atoms with van der Waals surface area (Å²) < 4.78 is 0. The highest BCUT2D eigenvalue weighted by Crippen LogP contribution is 2.22. The van der Waals surface area contributed by atoms with E-state index in [1.54, 1.807) is 0 Å². The van der Waals surface area contributed by atoms with Crippen LogP contribution in [0.25, 0.3) is 0 Å². The minimum atomic E-state index is -0.332. The number of amides is 2. The first kappa shape index (κ1) is 12.4. The van der Waals surface area contributed by atoms with Crippen LogP contribution in [0.5, 0.6) is 0 Å². The Morgan fingerprint density at radius 1 is 1.41 bits per heavy atom. The minimum Gasteiger partial charge on any atom is -0.396 e. The van der Waals surface area contributed by atoms with Gasteiger partial charge in [-0.05, 0) is 32.1 Å². The lowest BCUT2D eigenvalue weighted by Crippen LogP contribution is -2.51. The molecule has 1 unspecified atom stereocenters. The molecule has 0 bridgehead atoms. The second kappa shape index (κ2) is 5.49. The number of piperidine rings is 1. The van der Waals surface area contributed by atoms with Gasteiger partial charge in [-0.3, -0.25) is 9.59 Å². The van der Waals surface area contributed by atoms with Crippen molar-refractivity contribution in [2.24, 2.45) is 0 Å². The molecule has 2 amide bonds. The highest BCUT2D eigenvalue weighted by molar-refractivity contribution is 5.91. The Labute approximate surface area is 101 Å². The molecule has 2 aliphatic rings. The molecular formula is C12H20N2O3. The Kier molecular flexibility index (Phi) is 3.99. The van der Waals surface area contributed by atoms with Gasteiger partial charge in [-0.25, -0.2) is 0 Å². The number of aliphatic hydroxyl groups excluding tert-OH is 1. The molecule has 0 radical (unpaired) electrons. The molecule has 2 aliphatic heterocycles. The van der Waals surface area contributed by atoms with E-state index < -0.39 is 0 Å². The van der Waals surface area contributed by atoms with Crippen LogP contribution in [0.15, 0.2) is 0 Å². The van der Waals surface area contributed by atoms with Gasteiger partial charge in [0.05, 0.1) is 0 Å². The molecule has 0 aromatic heterocycles. The zero-order chi connectivity index (χ0) is 12.3. The van der Waals surface area contributed by atoms with Crippen molar-refractivity contribution in [1.29, 1.82) is 0 Å². The Hall–Kier alpha value is -1.10. The van der Waals surface area contributed by atoms with E-state index in [-0.39, 0.29) is 30.5 Å². The number of nitrogens with zero attached hydrogens (tertiary/aromatic N) is 1. The van der Waals surface area contributed by atoms with E-state index >= 15 is 0 Å². The largest absolute Gasteiger partial charge is 0.396 e. The van der Waals surface area contributed by atoms with Crippen LogP contribution in [0.4, 0.5) is 0 Å². The molecule has 0 aliphatic carbocycles. The molecule has 0 spiro atoms. The minimum absolute atomic E-state index is 0.0286. The smallest absolute Gasteiger partial charge is 0.245 e. The highest BCUT2D eigenvalue weighted by atomic mass is 16.3. The predicted octanol–water partition coefficient (Wildman–Crippen LogP) is 0.0285. The first-order chi connectivity index (χ1) is 8.22. The molecule has 5 nitrogen and oxygen atoms in total. The third kappa shape index (κ3) is 2.77. The van der Waals surface area contributed by atoms with Gasteiger partial charge in [0.1, 0.15) is 6.04 Å². The summed E-state index contributed by atoms with van der Waals surface area (Å²) in [4.78, 5) is 25.2. The average molecular weight is 240 g/mol. The SMILES string of the molecule is O=C1CC[C@H](C(=O)N2CCCCC2CCO)N1. The second-order valence-corrected chi connectivity index (χ2v) is 4.85. The molecule has 0 saturated carbocycles. The molecule has 2 heterocycles. The summed E-state index contributed by atoms with van der Waals surface area (Å²) in [5.41, 5.74) is 0. The summed E-state index contributed by atoms with van der Waals surface area (Å²) in [7, 11) is 0. The third-order valence-corrected chi connectivity index (χ3v) is 3.67. The molecular weight excluding hydrogens is 220 g/mol. The Bertz CT molecular complexity index is 304. The molecule has 2 fully saturated rings. The van der Waals surface area contributed by atoms with Crippen molar-refractivity contribution in [2.45, 2.75) is 50.6 Å². The van der Waals surface area contributed by atoms with Crippen molar-refractivity contribution in [3.05, 3.63) is 0 Å². The van der Waals surface area contributed by atoms with Crippen LogP contribution in [0.3, 0.4) is 0 Å². The molecule has 96 valence electrons. The summed E-state index contributed by atoms with van der Waals surface area (Å²) in [5, 5.41) is 11.7. The molecule has 0 aromatic carbocycles. The van der Waals surface area contributed by atoms with Gasteiger partial charge in [0.2, 0.25) is 11.8 Å². The summed E-state index contributed by atoms with van der Waals surface area (Å²) >= 11 is 0. The van der Waals surface area contributed by atoms with Crippen LogP contribution < -0.4 is 5.32 Å². The first-order valence-corrected chi connectivity index (χ1v) is 6.43. The number of likely N-dealkylation sites (tertiary alicyclic amines) is 1. The standard InChI is InChI=1S/C12H20N2O3/c15-8-6-9-3-1-2-7-14(9)12(17)10-4-5-11(16)13-10/h9-10,15H,1-8H2,(H,13,16)/t9?,10-/m1/s1. The summed E-state index contributed by atoms with van der Waals surface area (Å²) in [6, 6.07) is -0.180. The van der Waals surface area contributed by atoms with E-state index in [0.29, 0.717) is 19.3 Å². The summed E-state index contributed by atoms with van der Waals surface area (Å²) in [6.45, 7) is 0.876. The molecule has 5 heteroatoms. The van der Waals surface area contributed by atoms with Crippen molar-refractivity contribution < 1.29 is 14.7 Å². The maximum Gasteiger partial charge on any atom is 0.245 e. The number of hydrogen-bond donors (Lipinski definition) is 2. The topological polar surface area (TPSA) is 69.6 Å². The molecule has 2 N–H and O–H groups in total. The van der Waals surface area contributed by atoms with Gasteiger partial charge >= 0.3 is 0 Å². The molecule has 2 saturated heterocycles. The fourth-order valence-corrected chi connectivity index (χ4v) is 2.74. The Morgan fingerprint density at radius 3 is 2.88 bits per heavy atom. The van der Waals surface area contributed by atoms with Gasteiger partial charge in [0, 0.05) is 25.6 Å². The van der Waals surface area contributed by atoms with Crippen LogP contribution in [0, 0.1) is 0 Å². The lowest BCUT2D eigenvalue weighted by Gasteiger charge is -2.37. The second-order valence-electron chi connectivity index (χ2n) is 4.85. The van der Waals surface area contributed by atoms with E-state index in [9.17, 15) is 9.59 Å². The number of hydrogen-bond acceptors (Lipinski definition) is 3. The van der Waals surface area contributed by atoms with Gasteiger partial charge in [0.15, 0.2) is 0 Å². The fraction of sp³-hybridized carbons (Fsp3) is 0.833. The lowest BCUT2D eigenvalue weighted by atomic mass is 9.98. The molecule has 17 heavy (non-hydrogen) atoms. The zero-order valence-electron chi connectivity index (χ0n) is 10.0. The van der Waals surface area contributed by atoms with Crippen molar-refractivity contribution >= 4 is 11.8 Å². The summed E-state index contributed by atoms with van der Waals surface area (Å²) in [6.07, 6.45) is 4.81. The molecule has 0 aromatic rings. The van der Waals surface area contributed by atoms with E-state index in [2.05, 4.69) is 5.32 Å². The Balaban J connectivity index is 1.98. The lowest BCUT2D eigenvalue weighted by molar-refractivity contribution is -0.138. The van der Waals surface area contributed by atoms with Crippen LogP contribution >= 0.6 is 0 Å². The van der Waals surface area contributed by atoms with Crippen LogP contribution in [-0.4, -0.2) is 47.1 Å². The van der Waals surface area contributed by atoms with Crippen molar-refractivity contribution in [3.63, 3.8) is 0 Å². The summed E-state index contributed by atoms with van der Waals surface area (Å²) in [5.74, 6) is 0.00747. The first-order valence-electron chi connectivity index (χ1n) is 6.43. The highest BCUT2D eigenvalue weighted by Gasteiger charge is 2.34. The number of aliphatic hydroxyl groups is 1. The van der Waals surface area contributed by atoms with E-state index in [1.807, 2.05) is 4.90 Å². The number of carbonyl (C=O) groups is 2. The normalized spacial score (nSPS) is 29.2. The molecule has 2 rings (SSSR count). The number of carbonyl (C=O) groups excluding carboxylic acids is 2.